The molecule has 0 fully saturated rings. The maximum absolute atomic E-state index is 13.6. The van der Waals surface area contributed by atoms with Gasteiger partial charge in [0.25, 0.3) is 5.56 Å². The van der Waals surface area contributed by atoms with Crippen molar-refractivity contribution < 1.29 is 4.74 Å². The fourth-order valence-corrected chi connectivity index (χ4v) is 4.30. The van der Waals surface area contributed by atoms with Crippen LogP contribution in [0.3, 0.4) is 0 Å². The Balaban J connectivity index is 1.96. The van der Waals surface area contributed by atoms with Crippen molar-refractivity contribution >= 4 is 44.8 Å². The summed E-state index contributed by atoms with van der Waals surface area (Å²) in [5, 5.41) is 0.912. The summed E-state index contributed by atoms with van der Waals surface area (Å²) in [5.41, 5.74) is 3.68. The molecule has 0 spiro atoms. The Bertz CT molecular complexity index is 1570. The molecule has 162 valence electrons. The van der Waals surface area contributed by atoms with Crippen LogP contribution in [0.25, 0.3) is 38.9 Å². The van der Waals surface area contributed by atoms with Gasteiger partial charge in [-0.2, -0.15) is 0 Å². The van der Waals surface area contributed by atoms with Crippen LogP contribution >= 0.6 is 11.6 Å². The van der Waals surface area contributed by atoms with Crippen LogP contribution in [0, 0.1) is 12.8 Å². The zero-order valence-corrected chi connectivity index (χ0v) is 19.0. The molecule has 2 aromatic carbocycles. The number of rotatable bonds is 4. The van der Waals surface area contributed by atoms with E-state index >= 15 is 0 Å². The first-order valence-corrected chi connectivity index (χ1v) is 10.8. The first-order chi connectivity index (χ1) is 15.4. The summed E-state index contributed by atoms with van der Waals surface area (Å²) in [6.07, 6.45) is 0. The van der Waals surface area contributed by atoms with Gasteiger partial charge in [-0.1, -0.05) is 37.6 Å². The van der Waals surface area contributed by atoms with Crippen molar-refractivity contribution in [2.24, 2.45) is 5.92 Å². The summed E-state index contributed by atoms with van der Waals surface area (Å²) >= 11 is 6.43. The smallest absolute Gasteiger partial charge is 0.265 e. The first kappa shape index (κ1) is 20.5. The molecule has 5 rings (SSSR count). The summed E-state index contributed by atoms with van der Waals surface area (Å²) in [4.78, 5) is 28.2. The van der Waals surface area contributed by atoms with E-state index < -0.39 is 0 Å². The van der Waals surface area contributed by atoms with Crippen LogP contribution in [-0.4, -0.2) is 31.2 Å². The molecule has 0 bridgehead atoms. The number of para-hydroxylation sites is 2. The highest BCUT2D eigenvalue weighted by Crippen LogP contribution is 2.32. The molecular formula is C24H22ClN5O2. The van der Waals surface area contributed by atoms with Gasteiger partial charge in [0.2, 0.25) is 0 Å². The minimum atomic E-state index is -0.117. The number of fused-ring (bicyclic) bond motifs is 4. The van der Waals surface area contributed by atoms with E-state index in [2.05, 4.69) is 13.8 Å². The van der Waals surface area contributed by atoms with Crippen molar-refractivity contribution in [2.45, 2.75) is 27.3 Å². The molecule has 3 aromatic heterocycles. The van der Waals surface area contributed by atoms with Crippen LogP contribution in [0.4, 0.5) is 0 Å². The van der Waals surface area contributed by atoms with Gasteiger partial charge in [0.05, 0.1) is 28.9 Å². The van der Waals surface area contributed by atoms with Crippen LogP contribution in [0.15, 0.2) is 47.3 Å². The van der Waals surface area contributed by atoms with Gasteiger partial charge >= 0.3 is 0 Å². The van der Waals surface area contributed by atoms with Gasteiger partial charge in [-0.25, -0.2) is 15.0 Å². The van der Waals surface area contributed by atoms with Crippen LogP contribution in [0.5, 0.6) is 5.75 Å². The molecule has 0 amide bonds. The Morgan fingerprint density at radius 1 is 1.03 bits per heavy atom. The third kappa shape index (κ3) is 3.12. The van der Waals surface area contributed by atoms with Gasteiger partial charge in [0.15, 0.2) is 11.3 Å². The topological polar surface area (TPSA) is 74.8 Å². The van der Waals surface area contributed by atoms with E-state index in [1.54, 1.807) is 23.8 Å². The second-order valence-electron chi connectivity index (χ2n) is 8.21. The fourth-order valence-electron chi connectivity index (χ4n) is 4.05. The van der Waals surface area contributed by atoms with E-state index in [4.69, 9.17) is 31.3 Å². The average Bonchev–Trinajstić information content (AvgIpc) is 3.07. The van der Waals surface area contributed by atoms with Crippen molar-refractivity contribution in [2.75, 3.05) is 7.11 Å². The molecule has 0 unspecified atom stereocenters. The number of hydrogen-bond acceptors (Lipinski definition) is 5. The fraction of sp³-hybridized carbons (Fsp3) is 0.250. The lowest BCUT2D eigenvalue weighted by atomic mass is 10.2. The summed E-state index contributed by atoms with van der Waals surface area (Å²) in [5.74, 6) is 1.51. The normalized spacial score (nSPS) is 11.8. The number of benzene rings is 2. The summed E-state index contributed by atoms with van der Waals surface area (Å²) in [7, 11) is 1.57. The first-order valence-electron chi connectivity index (χ1n) is 10.4. The molecule has 8 heteroatoms. The van der Waals surface area contributed by atoms with Gasteiger partial charge in [0, 0.05) is 6.54 Å². The molecule has 7 nitrogen and oxygen atoms in total. The number of aromatic nitrogens is 5. The summed E-state index contributed by atoms with van der Waals surface area (Å²) < 4.78 is 8.87. The third-order valence-corrected chi connectivity index (χ3v) is 5.79. The number of methoxy groups -OCH3 is 1. The quantitative estimate of drug-likeness (QED) is 0.391. The number of hydrogen-bond donors (Lipinski definition) is 0. The number of nitrogens with zero attached hydrogens (tertiary/aromatic N) is 5. The lowest BCUT2D eigenvalue weighted by molar-refractivity contribution is 0.415. The minimum Gasteiger partial charge on any atom is -0.495 e. The molecule has 3 heterocycles. The maximum atomic E-state index is 13.6. The van der Waals surface area contributed by atoms with Crippen molar-refractivity contribution in [1.82, 2.24) is 24.1 Å². The lowest BCUT2D eigenvalue weighted by Gasteiger charge is -2.13. The Morgan fingerprint density at radius 3 is 2.41 bits per heavy atom. The van der Waals surface area contributed by atoms with Gasteiger partial charge < -0.3 is 4.74 Å². The van der Waals surface area contributed by atoms with E-state index in [-0.39, 0.29) is 5.56 Å². The van der Waals surface area contributed by atoms with E-state index in [0.717, 1.165) is 16.7 Å². The summed E-state index contributed by atoms with van der Waals surface area (Å²) in [6, 6.07) is 13.1. The SMILES string of the molecule is COc1ccc(-n2c3nc4ccccc4nc3c3c(=O)n(CC(C)C)c(C)nc32)cc1Cl. The lowest BCUT2D eigenvalue weighted by Crippen LogP contribution is -2.26. The molecule has 0 radical (unpaired) electrons. The predicted octanol–water partition coefficient (Wildman–Crippen LogP) is 4.91. The number of ether oxygens (including phenoxy) is 1. The van der Waals surface area contributed by atoms with Crippen molar-refractivity contribution in [1.29, 1.82) is 0 Å². The molecule has 0 saturated carbocycles. The molecule has 0 aliphatic carbocycles. The predicted molar refractivity (Wildman–Crippen MR) is 127 cm³/mol. The van der Waals surface area contributed by atoms with Crippen LogP contribution in [0.1, 0.15) is 19.7 Å². The Kier molecular flexibility index (Phi) is 4.86. The Hall–Kier alpha value is -3.45. The van der Waals surface area contributed by atoms with Crippen LogP contribution in [-0.2, 0) is 6.54 Å². The molecule has 0 atom stereocenters. The van der Waals surface area contributed by atoms with Gasteiger partial charge in [-0.15, -0.1) is 0 Å². The molecule has 0 saturated heterocycles. The van der Waals surface area contributed by atoms with Crippen molar-refractivity contribution in [3.05, 3.63) is 63.7 Å². The number of aryl methyl sites for hydroxylation is 1. The van der Waals surface area contributed by atoms with Crippen molar-refractivity contribution in [3.8, 4) is 11.4 Å². The molecule has 0 aliphatic heterocycles. The van der Waals surface area contributed by atoms with E-state index in [9.17, 15) is 4.79 Å². The van der Waals surface area contributed by atoms with Crippen LogP contribution in [0.2, 0.25) is 5.02 Å². The van der Waals surface area contributed by atoms with E-state index in [0.29, 0.717) is 51.3 Å². The van der Waals surface area contributed by atoms with Gasteiger partial charge in [-0.3, -0.25) is 13.9 Å². The maximum Gasteiger partial charge on any atom is 0.265 e. The molecular weight excluding hydrogens is 426 g/mol. The highest BCUT2D eigenvalue weighted by atomic mass is 35.5. The molecule has 0 N–H and O–H groups in total. The molecule has 0 aliphatic rings. The highest BCUT2D eigenvalue weighted by molar-refractivity contribution is 6.32. The molecule has 5 aromatic rings. The summed E-state index contributed by atoms with van der Waals surface area (Å²) in [6.45, 7) is 6.58. The van der Waals surface area contributed by atoms with Crippen LogP contribution < -0.4 is 10.3 Å². The monoisotopic (exact) mass is 447 g/mol. The molecule has 32 heavy (non-hydrogen) atoms. The number of halogens is 1. The minimum absolute atomic E-state index is 0.117. The second-order valence-corrected chi connectivity index (χ2v) is 8.61. The highest BCUT2D eigenvalue weighted by Gasteiger charge is 2.22. The standard InChI is InChI=1S/C24H22ClN5O2/c1-13(2)12-29-14(3)26-22-20(24(29)31)21-23(28-18-8-6-5-7-17(18)27-21)30(22)15-9-10-19(32-4)16(25)11-15/h5-11,13H,12H2,1-4H3. The Morgan fingerprint density at radius 2 is 1.75 bits per heavy atom. The van der Waals surface area contributed by atoms with E-state index in [1.807, 2.05) is 41.8 Å². The van der Waals surface area contributed by atoms with Crippen molar-refractivity contribution in [3.63, 3.8) is 0 Å². The second kappa shape index (κ2) is 7.60. The zero-order valence-electron chi connectivity index (χ0n) is 18.3. The average molecular weight is 448 g/mol. The van der Waals surface area contributed by atoms with Gasteiger partial charge in [0.1, 0.15) is 22.5 Å². The van der Waals surface area contributed by atoms with Gasteiger partial charge in [-0.05, 0) is 43.2 Å². The Labute approximate surface area is 189 Å². The third-order valence-electron chi connectivity index (χ3n) is 5.49. The van der Waals surface area contributed by atoms with E-state index in [1.165, 1.54) is 0 Å². The largest absolute Gasteiger partial charge is 0.495 e. The zero-order chi connectivity index (χ0) is 22.6.